The van der Waals surface area contributed by atoms with E-state index in [-0.39, 0.29) is 11.3 Å². The molecule has 0 aromatic heterocycles. The van der Waals surface area contributed by atoms with Crippen molar-refractivity contribution in [2.75, 3.05) is 17.2 Å². The van der Waals surface area contributed by atoms with E-state index in [9.17, 15) is 4.79 Å². The molecule has 0 aliphatic rings. The quantitative estimate of drug-likeness (QED) is 0.809. The number of anilines is 2. The summed E-state index contributed by atoms with van der Waals surface area (Å²) >= 11 is 0. The Bertz CT molecular complexity index is 714. The summed E-state index contributed by atoms with van der Waals surface area (Å²) in [7, 11) is 0. The number of amides is 1. The van der Waals surface area contributed by atoms with Crippen LogP contribution in [0.25, 0.3) is 0 Å². The summed E-state index contributed by atoms with van der Waals surface area (Å²) in [5.74, 6) is 0.0306. The van der Waals surface area contributed by atoms with E-state index in [0.29, 0.717) is 13.0 Å². The molecule has 0 bridgehead atoms. The summed E-state index contributed by atoms with van der Waals surface area (Å²) in [6.45, 7) is 11.3. The molecular formula is C21H28N2O. The first-order valence-electron chi connectivity index (χ1n) is 8.48. The van der Waals surface area contributed by atoms with E-state index in [2.05, 4.69) is 69.5 Å². The average Bonchev–Trinajstić information content (AvgIpc) is 2.50. The standard InChI is InChI=1S/C21H28N2O/c1-15-10-11-17(14-16(15)2)22-13-12-20(24)23-19-9-7-6-8-18(19)21(3,4)5/h6-11,14,22H,12-13H2,1-5H3,(H,23,24). The van der Waals surface area contributed by atoms with Crippen molar-refractivity contribution in [1.29, 1.82) is 0 Å². The molecule has 2 aromatic rings. The van der Waals surface area contributed by atoms with Gasteiger partial charge in [0.1, 0.15) is 0 Å². The summed E-state index contributed by atoms with van der Waals surface area (Å²) in [5, 5.41) is 6.36. The van der Waals surface area contributed by atoms with Crippen molar-refractivity contribution in [3.05, 3.63) is 59.2 Å². The van der Waals surface area contributed by atoms with Gasteiger partial charge in [0.15, 0.2) is 0 Å². The first kappa shape index (κ1) is 18.1. The predicted molar refractivity (Wildman–Crippen MR) is 103 cm³/mol. The van der Waals surface area contributed by atoms with Crippen molar-refractivity contribution >= 4 is 17.3 Å². The number of hydrogen-bond acceptors (Lipinski definition) is 2. The molecular weight excluding hydrogens is 296 g/mol. The molecule has 0 aliphatic carbocycles. The molecule has 0 heterocycles. The van der Waals surface area contributed by atoms with E-state index >= 15 is 0 Å². The normalized spacial score (nSPS) is 11.2. The Hall–Kier alpha value is -2.29. The van der Waals surface area contributed by atoms with Gasteiger partial charge in [-0.15, -0.1) is 0 Å². The highest BCUT2D eigenvalue weighted by molar-refractivity contribution is 5.92. The van der Waals surface area contributed by atoms with Crippen LogP contribution in [0.2, 0.25) is 0 Å². The van der Waals surface area contributed by atoms with E-state index in [0.717, 1.165) is 16.9 Å². The third kappa shape index (κ3) is 4.85. The van der Waals surface area contributed by atoms with Crippen LogP contribution in [0.15, 0.2) is 42.5 Å². The predicted octanol–water partition coefficient (Wildman–Crippen LogP) is 5.04. The molecule has 2 aromatic carbocycles. The lowest BCUT2D eigenvalue weighted by atomic mass is 9.86. The Morgan fingerprint density at radius 1 is 1.00 bits per heavy atom. The lowest BCUT2D eigenvalue weighted by Crippen LogP contribution is -2.20. The molecule has 0 radical (unpaired) electrons. The van der Waals surface area contributed by atoms with Gasteiger partial charge >= 0.3 is 0 Å². The number of carbonyl (C=O) groups excluding carboxylic acids is 1. The molecule has 3 heteroatoms. The van der Waals surface area contributed by atoms with E-state index < -0.39 is 0 Å². The zero-order chi connectivity index (χ0) is 17.7. The minimum Gasteiger partial charge on any atom is -0.385 e. The molecule has 128 valence electrons. The molecule has 0 atom stereocenters. The maximum atomic E-state index is 12.3. The van der Waals surface area contributed by atoms with Gasteiger partial charge < -0.3 is 10.6 Å². The largest absolute Gasteiger partial charge is 0.385 e. The topological polar surface area (TPSA) is 41.1 Å². The van der Waals surface area contributed by atoms with Gasteiger partial charge in [0.25, 0.3) is 0 Å². The molecule has 1 amide bonds. The second-order valence-electron chi connectivity index (χ2n) is 7.32. The van der Waals surface area contributed by atoms with E-state index in [1.54, 1.807) is 0 Å². The van der Waals surface area contributed by atoms with E-state index in [1.807, 2.05) is 18.2 Å². The van der Waals surface area contributed by atoms with Crippen LogP contribution in [-0.2, 0) is 10.2 Å². The molecule has 0 saturated carbocycles. The van der Waals surface area contributed by atoms with Crippen molar-refractivity contribution in [1.82, 2.24) is 0 Å². The van der Waals surface area contributed by atoms with Crippen LogP contribution in [0.4, 0.5) is 11.4 Å². The van der Waals surface area contributed by atoms with E-state index in [1.165, 1.54) is 11.1 Å². The number of aryl methyl sites for hydroxylation is 2. The fraction of sp³-hybridized carbons (Fsp3) is 0.381. The Kier molecular flexibility index (Phi) is 5.66. The maximum absolute atomic E-state index is 12.3. The van der Waals surface area contributed by atoms with Crippen molar-refractivity contribution in [2.45, 2.75) is 46.5 Å². The maximum Gasteiger partial charge on any atom is 0.226 e. The number of para-hydroxylation sites is 1. The molecule has 0 unspecified atom stereocenters. The minimum absolute atomic E-state index is 0.00154. The fourth-order valence-electron chi connectivity index (χ4n) is 2.63. The van der Waals surface area contributed by atoms with Gasteiger partial charge in [-0.3, -0.25) is 4.79 Å². The number of rotatable bonds is 5. The lowest BCUT2D eigenvalue weighted by Gasteiger charge is -2.23. The molecule has 2 rings (SSSR count). The summed E-state index contributed by atoms with van der Waals surface area (Å²) < 4.78 is 0. The van der Waals surface area contributed by atoms with E-state index in [4.69, 9.17) is 0 Å². The number of benzene rings is 2. The Morgan fingerprint density at radius 3 is 2.38 bits per heavy atom. The van der Waals surface area contributed by atoms with Crippen LogP contribution in [0.3, 0.4) is 0 Å². The van der Waals surface area contributed by atoms with Gasteiger partial charge in [-0.2, -0.15) is 0 Å². The van der Waals surface area contributed by atoms with Gasteiger partial charge in [-0.05, 0) is 54.2 Å². The van der Waals surface area contributed by atoms with Crippen molar-refractivity contribution in [3.63, 3.8) is 0 Å². The molecule has 0 aliphatic heterocycles. The molecule has 0 saturated heterocycles. The summed E-state index contributed by atoms with van der Waals surface area (Å²) in [6.07, 6.45) is 0.436. The smallest absolute Gasteiger partial charge is 0.226 e. The zero-order valence-electron chi connectivity index (χ0n) is 15.4. The van der Waals surface area contributed by atoms with Crippen molar-refractivity contribution in [2.24, 2.45) is 0 Å². The number of carbonyl (C=O) groups is 1. The summed E-state index contributed by atoms with van der Waals surface area (Å²) in [5.41, 5.74) is 5.64. The van der Waals surface area contributed by atoms with Crippen molar-refractivity contribution in [3.8, 4) is 0 Å². The van der Waals surface area contributed by atoms with Gasteiger partial charge in [0.05, 0.1) is 0 Å². The molecule has 3 nitrogen and oxygen atoms in total. The van der Waals surface area contributed by atoms with Crippen molar-refractivity contribution < 1.29 is 4.79 Å². The lowest BCUT2D eigenvalue weighted by molar-refractivity contribution is -0.115. The molecule has 2 N–H and O–H groups in total. The zero-order valence-corrected chi connectivity index (χ0v) is 15.4. The highest BCUT2D eigenvalue weighted by atomic mass is 16.1. The van der Waals surface area contributed by atoms with Crippen LogP contribution < -0.4 is 10.6 Å². The second kappa shape index (κ2) is 7.52. The highest BCUT2D eigenvalue weighted by Gasteiger charge is 2.18. The summed E-state index contributed by atoms with van der Waals surface area (Å²) in [6, 6.07) is 14.3. The molecule has 0 fully saturated rings. The SMILES string of the molecule is Cc1ccc(NCCC(=O)Nc2ccccc2C(C)(C)C)cc1C. The van der Waals surface area contributed by atoms with Crippen LogP contribution in [-0.4, -0.2) is 12.5 Å². The minimum atomic E-state index is 0.00154. The Labute approximate surface area is 145 Å². The first-order chi connectivity index (χ1) is 11.3. The summed E-state index contributed by atoms with van der Waals surface area (Å²) in [4.78, 5) is 12.3. The number of nitrogens with one attached hydrogen (secondary N) is 2. The van der Waals surface area contributed by atoms with Gasteiger partial charge in [0.2, 0.25) is 5.91 Å². The van der Waals surface area contributed by atoms with Gasteiger partial charge in [0, 0.05) is 24.3 Å². The van der Waals surface area contributed by atoms with Crippen LogP contribution in [0, 0.1) is 13.8 Å². The van der Waals surface area contributed by atoms with Gasteiger partial charge in [-0.25, -0.2) is 0 Å². The molecule has 24 heavy (non-hydrogen) atoms. The monoisotopic (exact) mass is 324 g/mol. The number of hydrogen-bond donors (Lipinski definition) is 2. The highest BCUT2D eigenvalue weighted by Crippen LogP contribution is 2.29. The van der Waals surface area contributed by atoms with Crippen LogP contribution in [0.1, 0.15) is 43.9 Å². The average molecular weight is 324 g/mol. The Balaban J connectivity index is 1.91. The third-order valence-electron chi connectivity index (χ3n) is 4.20. The second-order valence-corrected chi connectivity index (χ2v) is 7.32. The van der Waals surface area contributed by atoms with Gasteiger partial charge in [-0.1, -0.05) is 45.0 Å². The first-order valence-corrected chi connectivity index (χ1v) is 8.48. The third-order valence-corrected chi connectivity index (χ3v) is 4.20. The van der Waals surface area contributed by atoms with Crippen LogP contribution in [0.5, 0.6) is 0 Å². The Morgan fingerprint density at radius 2 is 1.71 bits per heavy atom. The molecule has 0 spiro atoms. The fourth-order valence-corrected chi connectivity index (χ4v) is 2.63. The van der Waals surface area contributed by atoms with Crippen LogP contribution >= 0.6 is 0 Å².